The fourth-order valence-corrected chi connectivity index (χ4v) is 3.85. The van der Waals surface area contributed by atoms with E-state index in [4.69, 9.17) is 0 Å². The Morgan fingerprint density at radius 3 is 2.81 bits per heavy atom. The lowest BCUT2D eigenvalue weighted by Gasteiger charge is -2.40. The number of carbonyl (C=O) groups excluding carboxylic acids is 2. The van der Waals surface area contributed by atoms with Gasteiger partial charge in [0.25, 0.3) is 5.91 Å². The molecule has 0 saturated carbocycles. The Balaban J connectivity index is 1.47. The van der Waals surface area contributed by atoms with Crippen LogP contribution in [0.15, 0.2) is 29.3 Å². The molecular formula is C19H26FN5O2. The van der Waals surface area contributed by atoms with Gasteiger partial charge in [-0.15, -0.1) is 0 Å². The molecule has 1 aromatic carbocycles. The number of aliphatic imine (C=N–C) groups is 1. The molecule has 1 spiro atoms. The summed E-state index contributed by atoms with van der Waals surface area (Å²) < 4.78 is 13.6. The number of likely N-dealkylation sites (tertiary alicyclic amines) is 1. The van der Waals surface area contributed by atoms with Crippen LogP contribution in [-0.4, -0.2) is 62.4 Å². The molecule has 0 aliphatic carbocycles. The average Bonchev–Trinajstić information content (AvgIpc) is 3.01. The van der Waals surface area contributed by atoms with Crippen LogP contribution < -0.4 is 16.0 Å². The first kappa shape index (κ1) is 19.1. The molecule has 1 aromatic rings. The van der Waals surface area contributed by atoms with Gasteiger partial charge < -0.3 is 20.9 Å². The second-order valence-electron chi connectivity index (χ2n) is 7.19. The molecule has 2 aliphatic rings. The molecule has 1 unspecified atom stereocenters. The fraction of sp³-hybridized carbons (Fsp3) is 0.526. The van der Waals surface area contributed by atoms with E-state index in [2.05, 4.69) is 25.8 Å². The number of hydrogen-bond acceptors (Lipinski definition) is 3. The van der Waals surface area contributed by atoms with Crippen LogP contribution in [0.1, 0.15) is 29.6 Å². The molecule has 2 heterocycles. The van der Waals surface area contributed by atoms with Gasteiger partial charge in [-0.2, -0.15) is 0 Å². The molecule has 2 aliphatic heterocycles. The molecule has 146 valence electrons. The number of benzene rings is 1. The van der Waals surface area contributed by atoms with Gasteiger partial charge in [0, 0.05) is 51.6 Å². The molecule has 0 radical (unpaired) electrons. The molecule has 27 heavy (non-hydrogen) atoms. The van der Waals surface area contributed by atoms with Crippen molar-refractivity contribution in [3.05, 3.63) is 35.6 Å². The van der Waals surface area contributed by atoms with Gasteiger partial charge in [-0.05, 0) is 25.0 Å². The SMILES string of the molecule is CN=C(NCCNC(=O)c1ccccc1F)N1CCCC2(CNC(=O)C2)C1. The molecule has 7 nitrogen and oxygen atoms in total. The van der Waals surface area contributed by atoms with Crippen LogP contribution in [0.25, 0.3) is 0 Å². The molecule has 3 N–H and O–H groups in total. The molecule has 0 aromatic heterocycles. The van der Waals surface area contributed by atoms with Crippen LogP contribution in [0, 0.1) is 11.2 Å². The Labute approximate surface area is 158 Å². The third kappa shape index (κ3) is 4.56. The third-order valence-electron chi connectivity index (χ3n) is 5.18. The fourth-order valence-electron chi connectivity index (χ4n) is 3.85. The first-order valence-corrected chi connectivity index (χ1v) is 9.28. The second-order valence-corrected chi connectivity index (χ2v) is 7.19. The van der Waals surface area contributed by atoms with E-state index in [0.29, 0.717) is 19.5 Å². The summed E-state index contributed by atoms with van der Waals surface area (Å²) >= 11 is 0. The Kier molecular flexibility index (Phi) is 5.93. The van der Waals surface area contributed by atoms with E-state index in [1.54, 1.807) is 19.2 Å². The van der Waals surface area contributed by atoms with E-state index in [1.807, 2.05) is 0 Å². The lowest BCUT2D eigenvalue weighted by Crippen LogP contribution is -2.52. The maximum Gasteiger partial charge on any atom is 0.254 e. The standard InChI is InChI=1S/C19H26FN5O2/c1-21-18(25-10-4-7-19(13-25)11-16(26)24-12-19)23-9-8-22-17(27)14-5-2-3-6-15(14)20/h2-3,5-6H,4,7-13H2,1H3,(H,21,23)(H,22,27)(H,24,26). The third-order valence-corrected chi connectivity index (χ3v) is 5.18. The van der Waals surface area contributed by atoms with Gasteiger partial charge >= 0.3 is 0 Å². The highest BCUT2D eigenvalue weighted by Crippen LogP contribution is 2.35. The lowest BCUT2D eigenvalue weighted by atomic mass is 9.79. The Morgan fingerprint density at radius 1 is 1.33 bits per heavy atom. The van der Waals surface area contributed by atoms with Gasteiger partial charge in [-0.3, -0.25) is 14.6 Å². The number of nitrogens with zero attached hydrogens (tertiary/aromatic N) is 2. The summed E-state index contributed by atoms with van der Waals surface area (Å²) in [4.78, 5) is 30.2. The van der Waals surface area contributed by atoms with Gasteiger partial charge in [0.2, 0.25) is 5.91 Å². The van der Waals surface area contributed by atoms with Crippen molar-refractivity contribution in [2.45, 2.75) is 19.3 Å². The van der Waals surface area contributed by atoms with Crippen LogP contribution >= 0.6 is 0 Å². The minimum absolute atomic E-state index is 0.00793. The van der Waals surface area contributed by atoms with Crippen LogP contribution in [0.4, 0.5) is 4.39 Å². The predicted octanol–water partition coefficient (Wildman–Crippen LogP) is 0.733. The molecular weight excluding hydrogens is 349 g/mol. The number of hydrogen-bond donors (Lipinski definition) is 3. The summed E-state index contributed by atoms with van der Waals surface area (Å²) in [5.41, 5.74) is 0.0321. The van der Waals surface area contributed by atoms with E-state index in [0.717, 1.165) is 38.4 Å². The highest BCUT2D eigenvalue weighted by molar-refractivity contribution is 5.94. The van der Waals surface area contributed by atoms with Crippen molar-refractivity contribution in [1.29, 1.82) is 0 Å². The normalized spacial score (nSPS) is 22.7. The summed E-state index contributed by atoms with van der Waals surface area (Å²) in [7, 11) is 1.72. The molecule has 3 rings (SSSR count). The van der Waals surface area contributed by atoms with Crippen LogP contribution in [0.5, 0.6) is 0 Å². The molecule has 8 heteroatoms. The van der Waals surface area contributed by atoms with Crippen molar-refractivity contribution in [3.8, 4) is 0 Å². The number of guanidine groups is 1. The van der Waals surface area contributed by atoms with Gasteiger partial charge in [0.1, 0.15) is 5.82 Å². The van der Waals surface area contributed by atoms with E-state index in [9.17, 15) is 14.0 Å². The summed E-state index contributed by atoms with van der Waals surface area (Å²) in [5, 5.41) is 8.89. The smallest absolute Gasteiger partial charge is 0.254 e. The number of piperidine rings is 1. The summed E-state index contributed by atoms with van der Waals surface area (Å²) in [6.45, 7) is 3.22. The van der Waals surface area contributed by atoms with Gasteiger partial charge in [-0.25, -0.2) is 4.39 Å². The highest BCUT2D eigenvalue weighted by atomic mass is 19.1. The van der Waals surface area contributed by atoms with Gasteiger partial charge in [-0.1, -0.05) is 12.1 Å². The lowest BCUT2D eigenvalue weighted by molar-refractivity contribution is -0.119. The Morgan fingerprint density at radius 2 is 2.11 bits per heavy atom. The van der Waals surface area contributed by atoms with Crippen LogP contribution in [0.2, 0.25) is 0 Å². The Hall–Kier alpha value is -2.64. The van der Waals surface area contributed by atoms with Crippen LogP contribution in [-0.2, 0) is 4.79 Å². The zero-order valence-electron chi connectivity index (χ0n) is 15.6. The van der Waals surface area contributed by atoms with Crippen molar-refractivity contribution in [2.24, 2.45) is 10.4 Å². The molecule has 2 saturated heterocycles. The van der Waals surface area contributed by atoms with E-state index < -0.39 is 11.7 Å². The van der Waals surface area contributed by atoms with E-state index >= 15 is 0 Å². The highest BCUT2D eigenvalue weighted by Gasteiger charge is 2.42. The van der Waals surface area contributed by atoms with E-state index in [1.165, 1.54) is 12.1 Å². The molecule has 0 bridgehead atoms. The van der Waals surface area contributed by atoms with E-state index in [-0.39, 0.29) is 16.9 Å². The largest absolute Gasteiger partial charge is 0.355 e. The maximum absolute atomic E-state index is 13.6. The van der Waals surface area contributed by atoms with Gasteiger partial charge in [0.05, 0.1) is 5.56 Å². The number of nitrogens with one attached hydrogen (secondary N) is 3. The average molecular weight is 375 g/mol. The van der Waals surface area contributed by atoms with Crippen molar-refractivity contribution in [3.63, 3.8) is 0 Å². The summed E-state index contributed by atoms with van der Waals surface area (Å²) in [5.74, 6) is -0.0846. The quantitative estimate of drug-likeness (QED) is 0.412. The molecule has 2 fully saturated rings. The first-order chi connectivity index (χ1) is 13.0. The molecule has 1 atom stereocenters. The van der Waals surface area contributed by atoms with Crippen molar-refractivity contribution in [2.75, 3.05) is 39.8 Å². The molecule has 2 amide bonds. The summed E-state index contributed by atoms with van der Waals surface area (Å²) in [6.07, 6.45) is 2.62. The van der Waals surface area contributed by atoms with Crippen LogP contribution in [0.3, 0.4) is 0 Å². The number of halogens is 1. The topological polar surface area (TPSA) is 85.8 Å². The Bertz CT molecular complexity index is 739. The van der Waals surface area contributed by atoms with Crippen molar-refractivity contribution in [1.82, 2.24) is 20.9 Å². The minimum atomic E-state index is -0.530. The monoisotopic (exact) mass is 375 g/mol. The second kappa shape index (κ2) is 8.37. The minimum Gasteiger partial charge on any atom is -0.355 e. The maximum atomic E-state index is 13.6. The predicted molar refractivity (Wildman–Crippen MR) is 101 cm³/mol. The van der Waals surface area contributed by atoms with Crippen molar-refractivity contribution >= 4 is 17.8 Å². The first-order valence-electron chi connectivity index (χ1n) is 9.28. The van der Waals surface area contributed by atoms with Crippen molar-refractivity contribution < 1.29 is 14.0 Å². The zero-order chi connectivity index (χ0) is 19.3. The number of carbonyl (C=O) groups is 2. The van der Waals surface area contributed by atoms with Gasteiger partial charge in [0.15, 0.2) is 5.96 Å². The number of amides is 2. The summed E-state index contributed by atoms with van der Waals surface area (Å²) in [6, 6.07) is 5.91. The zero-order valence-corrected chi connectivity index (χ0v) is 15.6. The number of rotatable bonds is 4.